The predicted molar refractivity (Wildman–Crippen MR) is 217 cm³/mol. The van der Waals surface area contributed by atoms with Gasteiger partial charge in [0.1, 0.15) is 17.4 Å². The van der Waals surface area contributed by atoms with Crippen molar-refractivity contribution in [1.82, 2.24) is 0 Å². The van der Waals surface area contributed by atoms with Crippen LogP contribution in [0.5, 0.6) is 5.75 Å². The van der Waals surface area contributed by atoms with Gasteiger partial charge in [0, 0.05) is 11.1 Å². The summed E-state index contributed by atoms with van der Waals surface area (Å²) in [6.45, 7) is 15.2. The predicted octanol–water partition coefficient (Wildman–Crippen LogP) is 14.3. The van der Waals surface area contributed by atoms with Gasteiger partial charge in [-0.15, -0.1) is 0 Å². The lowest BCUT2D eigenvalue weighted by Crippen LogP contribution is -2.18. The molecular weight excluding hydrogens is 643 g/mol. The van der Waals surface area contributed by atoms with Crippen LogP contribution in [0, 0.1) is 11.6 Å². The lowest BCUT2D eigenvalue weighted by Gasteiger charge is -2.28. The summed E-state index contributed by atoms with van der Waals surface area (Å²) in [6, 6.07) is 31.1. The summed E-state index contributed by atoms with van der Waals surface area (Å²) in [5.41, 5.74) is 9.83. The van der Waals surface area contributed by atoms with E-state index in [1.165, 1.54) is 48.4 Å². The van der Waals surface area contributed by atoms with Crippen LogP contribution < -0.4 is 0 Å². The number of halogens is 2. The van der Waals surface area contributed by atoms with E-state index in [0.29, 0.717) is 22.4 Å². The maximum atomic E-state index is 15.4. The van der Waals surface area contributed by atoms with Gasteiger partial charge in [0.2, 0.25) is 0 Å². The largest absolute Gasteiger partial charge is 0.507 e. The van der Waals surface area contributed by atoms with Gasteiger partial charge in [-0.1, -0.05) is 165 Å². The van der Waals surface area contributed by atoms with Gasteiger partial charge in [0.05, 0.1) is 0 Å². The van der Waals surface area contributed by atoms with Crippen molar-refractivity contribution in [3.63, 3.8) is 0 Å². The van der Waals surface area contributed by atoms with E-state index in [9.17, 15) is 5.11 Å². The number of phenolic OH excluding ortho intramolecular Hbond substituents is 1. The van der Waals surface area contributed by atoms with Crippen LogP contribution >= 0.6 is 0 Å². The number of unbranched alkanes of at least 4 members (excludes halogenated alkanes) is 5. The van der Waals surface area contributed by atoms with Crippen molar-refractivity contribution in [2.45, 2.75) is 124 Å². The first-order valence-electron chi connectivity index (χ1n) is 19.4. The van der Waals surface area contributed by atoms with Gasteiger partial charge in [-0.05, 0) is 105 Å². The standard InChI is InChI=1S/C49H58F2O/c1-8-15-34-18-22-37(23-19-34)39-26-28-42(45(50)32-39)40-27-29-41(46(51)33-40)38-24-20-35(21-25-38)16-13-11-9-10-12-14-17-36-30-43(48(2,3)4)47(52)44(31-36)49(5,6)7/h18-33,52H,8-17H2,1-7H3. The maximum Gasteiger partial charge on any atom is 0.131 e. The third-order valence-corrected chi connectivity index (χ3v) is 10.3. The number of benzene rings is 5. The molecule has 5 aromatic carbocycles. The molecule has 0 saturated carbocycles. The average Bonchev–Trinajstić information content (AvgIpc) is 3.09. The second-order valence-corrected chi connectivity index (χ2v) is 16.7. The molecule has 52 heavy (non-hydrogen) atoms. The van der Waals surface area contributed by atoms with Crippen LogP contribution in [0.1, 0.15) is 121 Å². The van der Waals surface area contributed by atoms with Crippen molar-refractivity contribution in [3.8, 4) is 39.1 Å². The fraction of sp³-hybridized carbons (Fsp3) is 0.388. The Kier molecular flexibility index (Phi) is 12.8. The smallest absolute Gasteiger partial charge is 0.131 e. The Bertz CT molecular complexity index is 1890. The van der Waals surface area contributed by atoms with Crippen LogP contribution in [0.3, 0.4) is 0 Å². The molecule has 0 amide bonds. The van der Waals surface area contributed by atoms with Gasteiger partial charge in [-0.25, -0.2) is 8.78 Å². The third kappa shape index (κ3) is 10.00. The Balaban J connectivity index is 1.08. The summed E-state index contributed by atoms with van der Waals surface area (Å²) in [7, 11) is 0. The molecule has 0 spiro atoms. The van der Waals surface area contributed by atoms with Gasteiger partial charge in [-0.2, -0.15) is 0 Å². The normalized spacial score (nSPS) is 12.0. The molecule has 0 aliphatic rings. The Morgan fingerprint density at radius 1 is 0.442 bits per heavy atom. The minimum absolute atomic E-state index is 0.0970. The summed E-state index contributed by atoms with van der Waals surface area (Å²) in [5, 5.41) is 11.0. The fourth-order valence-corrected chi connectivity index (χ4v) is 7.20. The van der Waals surface area contributed by atoms with Crippen LogP contribution in [-0.2, 0) is 30.1 Å². The third-order valence-electron chi connectivity index (χ3n) is 10.3. The Hall–Kier alpha value is -4.24. The first-order chi connectivity index (χ1) is 24.7. The topological polar surface area (TPSA) is 20.2 Å². The highest BCUT2D eigenvalue weighted by Gasteiger charge is 2.26. The molecule has 274 valence electrons. The average molecular weight is 701 g/mol. The molecule has 5 aromatic rings. The Morgan fingerprint density at radius 3 is 1.35 bits per heavy atom. The second-order valence-electron chi connectivity index (χ2n) is 16.7. The molecule has 5 rings (SSSR count). The zero-order valence-electron chi connectivity index (χ0n) is 32.5. The number of hydrogen-bond donors (Lipinski definition) is 1. The summed E-state index contributed by atoms with van der Waals surface area (Å²) in [4.78, 5) is 0. The van der Waals surface area contributed by atoms with Gasteiger partial charge in [0.15, 0.2) is 0 Å². The molecule has 0 bridgehead atoms. The van der Waals surface area contributed by atoms with Crippen LogP contribution in [0.15, 0.2) is 97.1 Å². The van der Waals surface area contributed by atoms with Crippen molar-refractivity contribution in [2.75, 3.05) is 0 Å². The van der Waals surface area contributed by atoms with Gasteiger partial charge >= 0.3 is 0 Å². The Labute approximate surface area is 312 Å². The molecule has 0 heterocycles. The van der Waals surface area contributed by atoms with Gasteiger partial charge < -0.3 is 5.11 Å². The molecule has 0 atom stereocenters. The highest BCUT2D eigenvalue weighted by Crippen LogP contribution is 2.40. The van der Waals surface area contributed by atoms with Gasteiger partial charge in [0.25, 0.3) is 0 Å². The minimum Gasteiger partial charge on any atom is -0.507 e. The van der Waals surface area contributed by atoms with Crippen molar-refractivity contribution >= 4 is 0 Å². The van der Waals surface area contributed by atoms with Crippen molar-refractivity contribution in [1.29, 1.82) is 0 Å². The molecule has 1 N–H and O–H groups in total. The van der Waals surface area contributed by atoms with E-state index < -0.39 is 0 Å². The molecule has 0 saturated heterocycles. The Morgan fingerprint density at radius 2 is 0.846 bits per heavy atom. The first-order valence-corrected chi connectivity index (χ1v) is 19.4. The number of aromatic hydroxyl groups is 1. The second kappa shape index (κ2) is 17.1. The lowest BCUT2D eigenvalue weighted by atomic mass is 9.78. The fourth-order valence-electron chi connectivity index (χ4n) is 7.20. The lowest BCUT2D eigenvalue weighted by molar-refractivity contribution is 0.422. The molecule has 3 heteroatoms. The maximum absolute atomic E-state index is 15.4. The van der Waals surface area contributed by atoms with Crippen molar-refractivity contribution < 1.29 is 13.9 Å². The molecule has 0 aliphatic carbocycles. The van der Waals surface area contributed by atoms with Crippen LogP contribution in [0.25, 0.3) is 33.4 Å². The molecule has 0 aliphatic heterocycles. The molecular formula is C49H58F2O. The quantitative estimate of drug-likeness (QED) is 0.114. The molecule has 0 aromatic heterocycles. The van der Waals surface area contributed by atoms with E-state index in [0.717, 1.165) is 66.3 Å². The SMILES string of the molecule is CCCc1ccc(-c2ccc(-c3ccc(-c4ccc(CCCCCCCCc5cc(C(C)(C)C)c(O)c(C(C)(C)C)c5)cc4)c(F)c3)c(F)c2)cc1. The highest BCUT2D eigenvalue weighted by atomic mass is 19.1. The first kappa shape index (κ1) is 39.0. The number of phenols is 1. The van der Waals surface area contributed by atoms with E-state index >= 15 is 8.78 Å². The summed E-state index contributed by atoms with van der Waals surface area (Å²) in [6.07, 6.45) is 11.3. The van der Waals surface area contributed by atoms with Crippen molar-refractivity contribution in [3.05, 3.63) is 137 Å². The van der Waals surface area contributed by atoms with Crippen LogP contribution in [0.2, 0.25) is 0 Å². The van der Waals surface area contributed by atoms with Crippen LogP contribution in [-0.4, -0.2) is 5.11 Å². The zero-order valence-corrected chi connectivity index (χ0v) is 32.5. The molecule has 0 fully saturated rings. The summed E-state index contributed by atoms with van der Waals surface area (Å²) < 4.78 is 30.6. The molecule has 0 radical (unpaired) electrons. The highest BCUT2D eigenvalue weighted by molar-refractivity contribution is 5.74. The van der Waals surface area contributed by atoms with E-state index in [-0.39, 0.29) is 22.5 Å². The number of aryl methyl sites for hydroxylation is 3. The monoisotopic (exact) mass is 700 g/mol. The molecule has 1 nitrogen and oxygen atoms in total. The van der Waals surface area contributed by atoms with E-state index in [2.05, 4.69) is 84.9 Å². The minimum atomic E-state index is -0.356. The van der Waals surface area contributed by atoms with E-state index in [1.54, 1.807) is 24.3 Å². The molecule has 0 unspecified atom stereocenters. The van der Waals surface area contributed by atoms with Crippen molar-refractivity contribution in [2.24, 2.45) is 0 Å². The number of rotatable bonds is 14. The van der Waals surface area contributed by atoms with E-state index in [1.807, 2.05) is 30.3 Å². The number of hydrogen-bond acceptors (Lipinski definition) is 1. The summed E-state index contributed by atoms with van der Waals surface area (Å²) in [5.74, 6) is -0.250. The zero-order chi connectivity index (χ0) is 37.5. The van der Waals surface area contributed by atoms with Gasteiger partial charge in [-0.3, -0.25) is 0 Å². The van der Waals surface area contributed by atoms with E-state index in [4.69, 9.17) is 0 Å². The van der Waals surface area contributed by atoms with Crippen LogP contribution in [0.4, 0.5) is 8.78 Å². The summed E-state index contributed by atoms with van der Waals surface area (Å²) >= 11 is 0.